The fourth-order valence-electron chi connectivity index (χ4n) is 3.37. The van der Waals surface area contributed by atoms with Crippen LogP contribution in [0.2, 0.25) is 0 Å². The minimum Gasteiger partial charge on any atom is -0.379 e. The molecule has 0 spiro atoms. The third kappa shape index (κ3) is 3.72. The molecule has 1 aliphatic heterocycles. The molecule has 128 valence electrons. The molecule has 1 saturated heterocycles. The summed E-state index contributed by atoms with van der Waals surface area (Å²) in [7, 11) is 0. The van der Waals surface area contributed by atoms with E-state index in [4.69, 9.17) is 27.9 Å². The van der Waals surface area contributed by atoms with Crippen LogP contribution >= 0.6 is 23.2 Å². The summed E-state index contributed by atoms with van der Waals surface area (Å²) in [4.78, 5) is 14.9. The van der Waals surface area contributed by atoms with E-state index in [2.05, 4.69) is 24.1 Å². The summed E-state index contributed by atoms with van der Waals surface area (Å²) in [5.41, 5.74) is -0.639. The number of alkyl halides is 2. The van der Waals surface area contributed by atoms with Gasteiger partial charge in [0.1, 0.15) is 4.33 Å². The standard InChI is InChI=1S/C16H28Cl2N2O2/c1-4-12(5-2)13(20-6-8-22-9-7-20)10-19-14(21)15(3)11-16(15,17)18/h12-13H,4-11H2,1-3H3,(H,19,21). The Morgan fingerprint density at radius 3 is 2.27 bits per heavy atom. The molecular weight excluding hydrogens is 323 g/mol. The van der Waals surface area contributed by atoms with Crippen LogP contribution in [0.25, 0.3) is 0 Å². The Labute approximate surface area is 143 Å². The van der Waals surface area contributed by atoms with Gasteiger partial charge in [0.05, 0.1) is 18.6 Å². The average molecular weight is 351 g/mol. The first kappa shape index (κ1) is 18.3. The van der Waals surface area contributed by atoms with Crippen molar-refractivity contribution in [2.24, 2.45) is 11.3 Å². The van der Waals surface area contributed by atoms with E-state index >= 15 is 0 Å². The fourth-order valence-corrected chi connectivity index (χ4v) is 4.08. The molecule has 0 radical (unpaired) electrons. The Kier molecular flexibility index (Phi) is 6.03. The quantitative estimate of drug-likeness (QED) is 0.717. The van der Waals surface area contributed by atoms with Gasteiger partial charge in [0, 0.05) is 25.7 Å². The molecule has 2 atom stereocenters. The highest BCUT2D eigenvalue weighted by Gasteiger charge is 2.67. The van der Waals surface area contributed by atoms with Crippen molar-refractivity contribution in [2.75, 3.05) is 32.8 Å². The molecule has 1 saturated carbocycles. The van der Waals surface area contributed by atoms with E-state index in [1.54, 1.807) is 0 Å². The summed E-state index contributed by atoms with van der Waals surface area (Å²) in [6, 6.07) is 0.352. The summed E-state index contributed by atoms with van der Waals surface area (Å²) >= 11 is 12.2. The highest BCUT2D eigenvalue weighted by molar-refractivity contribution is 6.53. The molecule has 1 aliphatic carbocycles. The second kappa shape index (κ2) is 7.25. The average Bonchev–Trinajstić information content (AvgIpc) is 3.04. The van der Waals surface area contributed by atoms with Crippen LogP contribution in [0.1, 0.15) is 40.0 Å². The maximum atomic E-state index is 12.4. The summed E-state index contributed by atoms with van der Waals surface area (Å²) in [6.45, 7) is 10.3. The monoisotopic (exact) mass is 350 g/mol. The van der Waals surface area contributed by atoms with E-state index in [-0.39, 0.29) is 5.91 Å². The fraction of sp³-hybridized carbons (Fsp3) is 0.938. The molecule has 0 bridgehead atoms. The molecule has 0 aromatic heterocycles. The van der Waals surface area contributed by atoms with Crippen LogP contribution in [0.4, 0.5) is 0 Å². The van der Waals surface area contributed by atoms with Crippen LogP contribution in [0, 0.1) is 11.3 Å². The molecule has 2 fully saturated rings. The molecule has 1 heterocycles. The number of hydrogen-bond donors (Lipinski definition) is 1. The predicted octanol–water partition coefficient (Wildman–Crippen LogP) is 2.82. The van der Waals surface area contributed by atoms with Crippen LogP contribution in [-0.4, -0.2) is 54.0 Å². The van der Waals surface area contributed by atoms with Gasteiger partial charge in [0.25, 0.3) is 0 Å². The molecule has 1 N–H and O–H groups in total. The number of nitrogens with one attached hydrogen (secondary N) is 1. The van der Waals surface area contributed by atoms with Gasteiger partial charge in [-0.05, 0) is 19.3 Å². The lowest BCUT2D eigenvalue weighted by Gasteiger charge is -2.39. The van der Waals surface area contributed by atoms with E-state index in [9.17, 15) is 4.79 Å². The summed E-state index contributed by atoms with van der Waals surface area (Å²) in [6.07, 6.45) is 2.75. The van der Waals surface area contributed by atoms with Gasteiger partial charge in [0.15, 0.2) is 0 Å². The van der Waals surface area contributed by atoms with E-state index < -0.39 is 9.75 Å². The minimum absolute atomic E-state index is 0.0262. The third-order valence-electron chi connectivity index (χ3n) is 5.34. The molecule has 4 nitrogen and oxygen atoms in total. The van der Waals surface area contributed by atoms with E-state index in [1.165, 1.54) is 0 Å². The molecule has 1 amide bonds. The molecule has 22 heavy (non-hydrogen) atoms. The lowest BCUT2D eigenvalue weighted by Crippen LogP contribution is -2.52. The topological polar surface area (TPSA) is 41.6 Å². The highest BCUT2D eigenvalue weighted by Crippen LogP contribution is 2.63. The lowest BCUT2D eigenvalue weighted by atomic mass is 9.92. The van der Waals surface area contributed by atoms with Crippen LogP contribution in [0.15, 0.2) is 0 Å². The first-order chi connectivity index (χ1) is 10.4. The third-order valence-corrected chi connectivity index (χ3v) is 6.44. The molecule has 2 unspecified atom stereocenters. The van der Waals surface area contributed by atoms with Crippen molar-refractivity contribution in [3.63, 3.8) is 0 Å². The van der Waals surface area contributed by atoms with Gasteiger partial charge in [-0.1, -0.05) is 26.7 Å². The molecular formula is C16H28Cl2N2O2. The number of hydrogen-bond acceptors (Lipinski definition) is 3. The van der Waals surface area contributed by atoms with Crippen LogP contribution in [-0.2, 0) is 9.53 Å². The van der Waals surface area contributed by atoms with E-state index in [1.807, 2.05) is 6.92 Å². The van der Waals surface area contributed by atoms with Gasteiger partial charge in [-0.2, -0.15) is 0 Å². The molecule has 2 rings (SSSR count). The number of morpholine rings is 1. The maximum Gasteiger partial charge on any atom is 0.229 e. The SMILES string of the molecule is CCC(CC)C(CNC(=O)C1(C)CC1(Cl)Cl)N1CCOCC1. The van der Waals surface area contributed by atoms with Crippen molar-refractivity contribution < 1.29 is 9.53 Å². The number of amides is 1. The normalized spacial score (nSPS) is 29.4. The predicted molar refractivity (Wildman–Crippen MR) is 90.4 cm³/mol. The summed E-state index contributed by atoms with van der Waals surface area (Å²) in [5.74, 6) is 0.545. The number of nitrogens with zero attached hydrogens (tertiary/aromatic N) is 1. The Balaban J connectivity index is 1.96. The number of carbonyl (C=O) groups excluding carboxylic acids is 1. The van der Waals surface area contributed by atoms with Gasteiger partial charge in [-0.3, -0.25) is 9.69 Å². The number of ether oxygens (including phenoxy) is 1. The number of rotatable bonds is 7. The van der Waals surface area contributed by atoms with Crippen molar-refractivity contribution in [1.82, 2.24) is 10.2 Å². The van der Waals surface area contributed by atoms with Gasteiger partial charge in [-0.15, -0.1) is 23.2 Å². The second-order valence-corrected chi connectivity index (χ2v) is 8.20. The molecule has 0 aromatic carbocycles. The lowest BCUT2D eigenvalue weighted by molar-refractivity contribution is -0.126. The zero-order valence-corrected chi connectivity index (χ0v) is 15.3. The van der Waals surface area contributed by atoms with E-state index in [0.717, 1.165) is 39.1 Å². The zero-order valence-electron chi connectivity index (χ0n) is 13.8. The Morgan fingerprint density at radius 1 is 1.27 bits per heavy atom. The summed E-state index contributed by atoms with van der Waals surface area (Å²) in [5, 5.41) is 3.10. The number of halogens is 2. The van der Waals surface area contributed by atoms with Crippen molar-refractivity contribution in [2.45, 2.75) is 50.4 Å². The first-order valence-corrected chi connectivity index (χ1v) is 9.09. The van der Waals surface area contributed by atoms with Crippen molar-refractivity contribution in [3.05, 3.63) is 0 Å². The Bertz CT molecular complexity index is 396. The molecule has 0 aromatic rings. The van der Waals surface area contributed by atoms with E-state index in [0.29, 0.717) is 24.9 Å². The summed E-state index contributed by atoms with van der Waals surface area (Å²) < 4.78 is 4.55. The Hall–Kier alpha value is -0.0300. The largest absolute Gasteiger partial charge is 0.379 e. The second-order valence-electron chi connectivity index (χ2n) is 6.72. The smallest absolute Gasteiger partial charge is 0.229 e. The van der Waals surface area contributed by atoms with Crippen molar-refractivity contribution in [3.8, 4) is 0 Å². The maximum absolute atomic E-state index is 12.4. The minimum atomic E-state index is -0.902. The van der Waals surface area contributed by atoms with Gasteiger partial charge in [-0.25, -0.2) is 0 Å². The molecule has 6 heteroatoms. The zero-order chi connectivity index (χ0) is 16.4. The van der Waals surface area contributed by atoms with Crippen molar-refractivity contribution >= 4 is 29.1 Å². The van der Waals surface area contributed by atoms with Gasteiger partial charge in [0.2, 0.25) is 5.91 Å². The number of carbonyl (C=O) groups is 1. The van der Waals surface area contributed by atoms with Crippen LogP contribution in [0.5, 0.6) is 0 Å². The first-order valence-electron chi connectivity index (χ1n) is 8.33. The highest BCUT2D eigenvalue weighted by atomic mass is 35.5. The van der Waals surface area contributed by atoms with Crippen molar-refractivity contribution in [1.29, 1.82) is 0 Å². The van der Waals surface area contributed by atoms with Gasteiger partial charge >= 0.3 is 0 Å². The van der Waals surface area contributed by atoms with Crippen LogP contribution < -0.4 is 5.32 Å². The Morgan fingerprint density at radius 2 is 1.82 bits per heavy atom. The van der Waals surface area contributed by atoms with Gasteiger partial charge < -0.3 is 10.1 Å². The van der Waals surface area contributed by atoms with Crippen LogP contribution in [0.3, 0.4) is 0 Å². The molecule has 2 aliphatic rings.